The highest BCUT2D eigenvalue weighted by molar-refractivity contribution is 7.14. The van der Waals surface area contributed by atoms with E-state index < -0.39 is 0 Å². The van der Waals surface area contributed by atoms with E-state index >= 15 is 0 Å². The Morgan fingerprint density at radius 2 is 1.76 bits per heavy atom. The lowest BCUT2D eigenvalue weighted by Gasteiger charge is -2.04. The lowest BCUT2D eigenvalue weighted by molar-refractivity contribution is 0.244. The standard InChI is InChI=1S/C16H14N2O2S/c19-15-13-8-4-5-9-14(13)21-18(15)16(20)17-11-10-12-6-2-1-3-7-12/h1-9H,10-11H2,(H,17,20). The Kier molecular flexibility index (Phi) is 3.83. The molecule has 0 atom stereocenters. The summed E-state index contributed by atoms with van der Waals surface area (Å²) in [6.07, 6.45) is 0.742. The van der Waals surface area contributed by atoms with Gasteiger partial charge in [-0.25, -0.2) is 4.79 Å². The summed E-state index contributed by atoms with van der Waals surface area (Å²) in [7, 11) is 0. The van der Waals surface area contributed by atoms with E-state index in [0.717, 1.165) is 16.7 Å². The van der Waals surface area contributed by atoms with Gasteiger partial charge in [0.15, 0.2) is 0 Å². The number of nitrogens with one attached hydrogen (secondary N) is 1. The van der Waals surface area contributed by atoms with Crippen molar-refractivity contribution in [3.8, 4) is 0 Å². The van der Waals surface area contributed by atoms with E-state index in [1.807, 2.05) is 42.5 Å². The molecule has 0 unspecified atom stereocenters. The second-order valence-electron chi connectivity index (χ2n) is 4.65. The number of aromatic nitrogens is 1. The first-order valence-electron chi connectivity index (χ1n) is 6.69. The van der Waals surface area contributed by atoms with Crippen LogP contribution < -0.4 is 10.9 Å². The smallest absolute Gasteiger partial charge is 0.336 e. The topological polar surface area (TPSA) is 51.1 Å². The molecule has 0 saturated carbocycles. The van der Waals surface area contributed by atoms with Crippen LogP contribution in [0, 0.1) is 0 Å². The summed E-state index contributed by atoms with van der Waals surface area (Å²) < 4.78 is 2.00. The van der Waals surface area contributed by atoms with E-state index in [0.29, 0.717) is 11.9 Å². The van der Waals surface area contributed by atoms with Gasteiger partial charge in [-0.2, -0.15) is 3.96 Å². The highest BCUT2D eigenvalue weighted by atomic mass is 32.1. The van der Waals surface area contributed by atoms with Crippen molar-refractivity contribution in [1.82, 2.24) is 9.27 Å². The average molecular weight is 298 g/mol. The van der Waals surface area contributed by atoms with Crippen molar-refractivity contribution in [3.63, 3.8) is 0 Å². The first-order valence-corrected chi connectivity index (χ1v) is 7.46. The summed E-state index contributed by atoms with van der Waals surface area (Å²) in [6, 6.07) is 16.8. The molecule has 106 valence electrons. The zero-order chi connectivity index (χ0) is 14.7. The Morgan fingerprint density at radius 3 is 2.52 bits per heavy atom. The van der Waals surface area contributed by atoms with Crippen LogP contribution in [0.2, 0.25) is 0 Å². The van der Waals surface area contributed by atoms with Crippen LogP contribution in [0.1, 0.15) is 5.56 Å². The molecule has 1 N–H and O–H groups in total. The minimum Gasteiger partial charge on any atom is -0.336 e. The molecule has 0 fully saturated rings. The number of benzene rings is 2. The van der Waals surface area contributed by atoms with Gasteiger partial charge in [0.1, 0.15) is 0 Å². The number of fused-ring (bicyclic) bond motifs is 1. The normalized spacial score (nSPS) is 10.7. The van der Waals surface area contributed by atoms with Crippen LogP contribution in [0.5, 0.6) is 0 Å². The van der Waals surface area contributed by atoms with Gasteiger partial charge in [0.05, 0.1) is 10.1 Å². The number of carbonyl (C=O) groups is 1. The molecule has 4 nitrogen and oxygen atoms in total. The van der Waals surface area contributed by atoms with E-state index in [2.05, 4.69) is 5.32 Å². The van der Waals surface area contributed by atoms with Gasteiger partial charge in [-0.05, 0) is 35.6 Å². The lowest BCUT2D eigenvalue weighted by Crippen LogP contribution is -2.34. The molecule has 1 aromatic heterocycles. The quantitative estimate of drug-likeness (QED) is 0.808. The van der Waals surface area contributed by atoms with Crippen molar-refractivity contribution in [2.45, 2.75) is 6.42 Å². The van der Waals surface area contributed by atoms with Crippen molar-refractivity contribution in [3.05, 3.63) is 70.5 Å². The fourth-order valence-electron chi connectivity index (χ4n) is 2.14. The Balaban J connectivity index is 1.70. The molecule has 21 heavy (non-hydrogen) atoms. The van der Waals surface area contributed by atoms with Crippen molar-refractivity contribution >= 4 is 27.6 Å². The van der Waals surface area contributed by atoms with E-state index in [1.54, 1.807) is 12.1 Å². The molecular formula is C16H14N2O2S. The predicted molar refractivity (Wildman–Crippen MR) is 85.0 cm³/mol. The molecule has 3 aromatic rings. The number of hydrogen-bond acceptors (Lipinski definition) is 3. The summed E-state index contributed by atoms with van der Waals surface area (Å²) in [5.41, 5.74) is 0.897. The fraction of sp³-hybridized carbons (Fsp3) is 0.125. The number of carbonyl (C=O) groups excluding carboxylic acids is 1. The number of nitrogens with zero attached hydrogens (tertiary/aromatic N) is 1. The van der Waals surface area contributed by atoms with Gasteiger partial charge in [0, 0.05) is 6.54 Å². The third kappa shape index (κ3) is 2.87. The first kappa shape index (κ1) is 13.6. The average Bonchev–Trinajstić information content (AvgIpc) is 2.86. The van der Waals surface area contributed by atoms with Crippen molar-refractivity contribution in [2.24, 2.45) is 0 Å². The summed E-state index contributed by atoms with van der Waals surface area (Å²) in [5.74, 6) is 0. The van der Waals surface area contributed by atoms with Gasteiger partial charge in [-0.3, -0.25) is 4.79 Å². The summed E-state index contributed by atoms with van der Waals surface area (Å²) in [6.45, 7) is 0.504. The first-order chi connectivity index (χ1) is 10.3. The maximum atomic E-state index is 12.1. The van der Waals surface area contributed by atoms with Gasteiger partial charge >= 0.3 is 6.03 Å². The van der Waals surface area contributed by atoms with E-state index in [-0.39, 0.29) is 11.6 Å². The molecule has 0 spiro atoms. The van der Waals surface area contributed by atoms with E-state index in [9.17, 15) is 9.59 Å². The second kappa shape index (κ2) is 5.93. The summed E-state index contributed by atoms with van der Waals surface area (Å²) >= 11 is 1.17. The van der Waals surface area contributed by atoms with Gasteiger partial charge in [0.2, 0.25) is 0 Å². The maximum Gasteiger partial charge on any atom is 0.338 e. The summed E-state index contributed by atoms with van der Waals surface area (Å²) in [4.78, 5) is 24.2. The molecule has 0 aliphatic rings. The third-order valence-corrected chi connectivity index (χ3v) is 4.28. The monoisotopic (exact) mass is 298 g/mol. The molecule has 5 heteroatoms. The number of rotatable bonds is 3. The molecule has 0 bridgehead atoms. The largest absolute Gasteiger partial charge is 0.338 e. The van der Waals surface area contributed by atoms with Gasteiger partial charge < -0.3 is 5.32 Å². The van der Waals surface area contributed by atoms with Crippen LogP contribution in [0.3, 0.4) is 0 Å². The molecule has 0 aliphatic heterocycles. The van der Waals surface area contributed by atoms with Gasteiger partial charge in [0.25, 0.3) is 5.56 Å². The van der Waals surface area contributed by atoms with Crippen LogP contribution in [0.15, 0.2) is 59.4 Å². The lowest BCUT2D eigenvalue weighted by atomic mass is 10.1. The molecule has 1 amide bonds. The van der Waals surface area contributed by atoms with E-state index in [4.69, 9.17) is 0 Å². The predicted octanol–water partition coefficient (Wildman–Crippen LogP) is 2.86. The highest BCUT2D eigenvalue weighted by Gasteiger charge is 2.12. The minimum atomic E-state index is -0.364. The van der Waals surface area contributed by atoms with Crippen molar-refractivity contribution < 1.29 is 4.79 Å². The Hall–Kier alpha value is -2.40. The van der Waals surface area contributed by atoms with Crippen LogP contribution >= 0.6 is 11.5 Å². The van der Waals surface area contributed by atoms with Crippen molar-refractivity contribution in [1.29, 1.82) is 0 Å². The molecule has 1 heterocycles. The molecular weight excluding hydrogens is 284 g/mol. The van der Waals surface area contributed by atoms with Gasteiger partial charge in [-0.1, -0.05) is 42.5 Å². The molecule has 3 rings (SSSR count). The summed E-state index contributed by atoms with van der Waals surface area (Å²) in [5, 5.41) is 3.37. The number of hydrogen-bond donors (Lipinski definition) is 1. The van der Waals surface area contributed by atoms with Gasteiger partial charge in [-0.15, -0.1) is 0 Å². The molecule has 0 aliphatic carbocycles. The van der Waals surface area contributed by atoms with Crippen molar-refractivity contribution in [2.75, 3.05) is 6.54 Å². The Labute approximate surface area is 125 Å². The molecule has 0 saturated heterocycles. The molecule has 0 radical (unpaired) electrons. The molecule has 2 aromatic carbocycles. The highest BCUT2D eigenvalue weighted by Crippen LogP contribution is 2.15. The number of amides is 1. The maximum absolute atomic E-state index is 12.1. The third-order valence-electron chi connectivity index (χ3n) is 3.21. The van der Waals surface area contributed by atoms with Crippen LogP contribution in [0.25, 0.3) is 10.1 Å². The van der Waals surface area contributed by atoms with Crippen LogP contribution in [-0.4, -0.2) is 16.5 Å². The SMILES string of the molecule is O=C(NCCc1ccccc1)n1sc2ccccc2c1=O. The van der Waals surface area contributed by atoms with Crippen LogP contribution in [0.4, 0.5) is 4.79 Å². The zero-order valence-electron chi connectivity index (χ0n) is 11.3. The second-order valence-corrected chi connectivity index (χ2v) is 5.64. The zero-order valence-corrected chi connectivity index (χ0v) is 12.1. The Bertz CT molecular complexity index is 821. The fourth-order valence-corrected chi connectivity index (χ4v) is 3.05. The van der Waals surface area contributed by atoms with Crippen LogP contribution in [-0.2, 0) is 6.42 Å². The van der Waals surface area contributed by atoms with E-state index in [1.165, 1.54) is 15.5 Å². The minimum absolute atomic E-state index is 0.257. The Morgan fingerprint density at radius 1 is 1.05 bits per heavy atom.